The summed E-state index contributed by atoms with van der Waals surface area (Å²) in [5.74, 6) is 1.54. The van der Waals surface area contributed by atoms with E-state index >= 15 is 0 Å². The summed E-state index contributed by atoms with van der Waals surface area (Å²) >= 11 is 1.43. The van der Waals surface area contributed by atoms with E-state index in [-0.39, 0.29) is 5.91 Å². The Morgan fingerprint density at radius 2 is 2.25 bits per heavy atom. The minimum Gasteiger partial charge on any atom is -0.494 e. The number of carbonyl (C=O) groups is 1. The zero-order valence-electron chi connectivity index (χ0n) is 11.3. The first-order valence-electron chi connectivity index (χ1n) is 6.00. The summed E-state index contributed by atoms with van der Waals surface area (Å²) in [6.07, 6.45) is 1.61. The fourth-order valence-corrected chi connectivity index (χ4v) is 2.43. The normalized spacial score (nSPS) is 10.3. The number of carbonyl (C=O) groups excluding carboxylic acids is 1. The zero-order valence-corrected chi connectivity index (χ0v) is 12.1. The number of anilines is 2. The number of furan rings is 1. The van der Waals surface area contributed by atoms with Crippen molar-refractivity contribution in [3.05, 3.63) is 36.3 Å². The second-order valence-corrected chi connectivity index (χ2v) is 5.15. The Morgan fingerprint density at radius 3 is 2.90 bits per heavy atom. The lowest BCUT2D eigenvalue weighted by Gasteiger charge is -2.10. The molecule has 106 valence electrons. The number of nitrogens with one attached hydrogen (secondary N) is 1. The third-order valence-corrected chi connectivity index (χ3v) is 3.81. The van der Waals surface area contributed by atoms with Crippen LogP contribution in [0.4, 0.5) is 11.4 Å². The van der Waals surface area contributed by atoms with Crippen molar-refractivity contribution in [3.8, 4) is 5.75 Å². The van der Waals surface area contributed by atoms with Gasteiger partial charge in [-0.1, -0.05) is 0 Å². The van der Waals surface area contributed by atoms with Crippen LogP contribution < -0.4 is 15.8 Å². The standard InChI is InChI=1S/C14H16N2O3S/c1-9-13(5-6-19-9)20-8-14(17)16-11-4-3-10(15)7-12(11)18-2/h3-7H,8,15H2,1-2H3,(H,16,17). The van der Waals surface area contributed by atoms with E-state index < -0.39 is 0 Å². The molecule has 1 aromatic carbocycles. The minimum absolute atomic E-state index is 0.112. The van der Waals surface area contributed by atoms with Gasteiger partial charge >= 0.3 is 0 Å². The third-order valence-electron chi connectivity index (χ3n) is 2.67. The van der Waals surface area contributed by atoms with Gasteiger partial charge in [-0.2, -0.15) is 0 Å². The van der Waals surface area contributed by atoms with Gasteiger partial charge in [-0.05, 0) is 25.1 Å². The topological polar surface area (TPSA) is 77.5 Å². The molecule has 2 rings (SSSR count). The van der Waals surface area contributed by atoms with Gasteiger partial charge in [0, 0.05) is 16.6 Å². The molecule has 0 unspecified atom stereocenters. The van der Waals surface area contributed by atoms with Crippen molar-refractivity contribution in [2.75, 3.05) is 23.9 Å². The molecule has 3 N–H and O–H groups in total. The van der Waals surface area contributed by atoms with Gasteiger partial charge in [0.2, 0.25) is 5.91 Å². The molecule has 0 saturated heterocycles. The summed E-state index contributed by atoms with van der Waals surface area (Å²) in [5.41, 5.74) is 6.86. The van der Waals surface area contributed by atoms with Crippen LogP contribution >= 0.6 is 11.8 Å². The van der Waals surface area contributed by atoms with Crippen LogP contribution in [-0.4, -0.2) is 18.8 Å². The monoisotopic (exact) mass is 292 g/mol. The lowest BCUT2D eigenvalue weighted by Crippen LogP contribution is -2.14. The highest BCUT2D eigenvalue weighted by molar-refractivity contribution is 8.00. The summed E-state index contributed by atoms with van der Waals surface area (Å²) in [7, 11) is 1.54. The summed E-state index contributed by atoms with van der Waals surface area (Å²) in [6.45, 7) is 1.86. The molecule has 1 amide bonds. The third kappa shape index (κ3) is 3.48. The second kappa shape index (κ2) is 6.38. The maximum absolute atomic E-state index is 11.9. The number of hydrogen-bond acceptors (Lipinski definition) is 5. The van der Waals surface area contributed by atoms with Crippen molar-refractivity contribution in [2.24, 2.45) is 0 Å². The Labute approximate surface area is 121 Å². The van der Waals surface area contributed by atoms with E-state index in [9.17, 15) is 4.79 Å². The molecule has 1 aromatic heterocycles. The number of aryl methyl sites for hydroxylation is 1. The predicted octanol–water partition coefficient (Wildman–Crippen LogP) is 2.91. The molecule has 0 bridgehead atoms. The van der Waals surface area contributed by atoms with Crippen LogP contribution in [0.5, 0.6) is 5.75 Å². The van der Waals surface area contributed by atoms with Crippen molar-refractivity contribution in [1.82, 2.24) is 0 Å². The van der Waals surface area contributed by atoms with Crippen molar-refractivity contribution >= 4 is 29.0 Å². The SMILES string of the molecule is COc1cc(N)ccc1NC(=O)CSc1ccoc1C. The lowest BCUT2D eigenvalue weighted by atomic mass is 10.2. The fourth-order valence-electron chi connectivity index (χ4n) is 1.66. The molecule has 0 saturated carbocycles. The van der Waals surface area contributed by atoms with Crippen molar-refractivity contribution < 1.29 is 13.9 Å². The highest BCUT2D eigenvalue weighted by Gasteiger charge is 2.10. The second-order valence-electron chi connectivity index (χ2n) is 4.14. The molecule has 1 heterocycles. The first kappa shape index (κ1) is 14.3. The van der Waals surface area contributed by atoms with Gasteiger partial charge in [-0.25, -0.2) is 0 Å². The van der Waals surface area contributed by atoms with Gasteiger partial charge in [0.15, 0.2) is 0 Å². The molecular weight excluding hydrogens is 276 g/mol. The van der Waals surface area contributed by atoms with Crippen LogP contribution in [0.25, 0.3) is 0 Å². The number of amides is 1. The molecule has 5 nitrogen and oxygen atoms in total. The van der Waals surface area contributed by atoms with E-state index in [1.807, 2.05) is 13.0 Å². The highest BCUT2D eigenvalue weighted by atomic mass is 32.2. The average Bonchev–Trinajstić information content (AvgIpc) is 2.84. The van der Waals surface area contributed by atoms with Crippen LogP contribution in [-0.2, 0) is 4.79 Å². The Hall–Kier alpha value is -2.08. The van der Waals surface area contributed by atoms with Crippen molar-refractivity contribution in [3.63, 3.8) is 0 Å². The Bertz CT molecular complexity index is 610. The fraction of sp³-hybridized carbons (Fsp3) is 0.214. The zero-order chi connectivity index (χ0) is 14.5. The Balaban J connectivity index is 1.96. The molecule has 0 aliphatic carbocycles. The smallest absolute Gasteiger partial charge is 0.234 e. The first-order chi connectivity index (χ1) is 9.60. The average molecular weight is 292 g/mol. The number of methoxy groups -OCH3 is 1. The number of nitrogen functional groups attached to an aromatic ring is 1. The maximum Gasteiger partial charge on any atom is 0.234 e. The Kier molecular flexibility index (Phi) is 4.57. The largest absolute Gasteiger partial charge is 0.494 e. The van der Waals surface area contributed by atoms with E-state index in [0.29, 0.717) is 22.9 Å². The molecule has 0 aliphatic heterocycles. The molecule has 2 aromatic rings. The van der Waals surface area contributed by atoms with Gasteiger partial charge < -0.3 is 20.2 Å². The Morgan fingerprint density at radius 1 is 1.45 bits per heavy atom. The van der Waals surface area contributed by atoms with Gasteiger partial charge in [0.1, 0.15) is 11.5 Å². The molecule has 20 heavy (non-hydrogen) atoms. The highest BCUT2D eigenvalue weighted by Crippen LogP contribution is 2.27. The number of ether oxygens (including phenoxy) is 1. The van der Waals surface area contributed by atoms with Crippen LogP contribution in [0.3, 0.4) is 0 Å². The molecular formula is C14H16N2O3S. The maximum atomic E-state index is 11.9. The van der Waals surface area contributed by atoms with Crippen LogP contribution in [0.15, 0.2) is 39.8 Å². The van der Waals surface area contributed by atoms with Gasteiger partial charge in [0.25, 0.3) is 0 Å². The minimum atomic E-state index is -0.112. The van der Waals surface area contributed by atoms with Crippen molar-refractivity contribution in [2.45, 2.75) is 11.8 Å². The summed E-state index contributed by atoms with van der Waals surface area (Å²) < 4.78 is 10.4. The predicted molar refractivity (Wildman–Crippen MR) is 80.2 cm³/mol. The van der Waals surface area contributed by atoms with Crippen molar-refractivity contribution in [1.29, 1.82) is 0 Å². The summed E-state index contributed by atoms with van der Waals surface area (Å²) in [5, 5.41) is 2.80. The van der Waals surface area contributed by atoms with Gasteiger partial charge in [-0.3, -0.25) is 4.79 Å². The summed E-state index contributed by atoms with van der Waals surface area (Å²) in [6, 6.07) is 6.95. The molecule has 6 heteroatoms. The van der Waals surface area contributed by atoms with Crippen LogP contribution in [0, 0.1) is 6.92 Å². The van der Waals surface area contributed by atoms with Gasteiger partial charge in [0.05, 0.1) is 24.8 Å². The molecule has 0 atom stereocenters. The van der Waals surface area contributed by atoms with Crippen LogP contribution in [0.2, 0.25) is 0 Å². The van der Waals surface area contributed by atoms with E-state index in [1.54, 1.807) is 24.5 Å². The number of nitrogens with two attached hydrogens (primary N) is 1. The number of thioether (sulfide) groups is 1. The van der Waals surface area contributed by atoms with Gasteiger partial charge in [-0.15, -0.1) is 11.8 Å². The lowest BCUT2D eigenvalue weighted by molar-refractivity contribution is -0.113. The molecule has 0 spiro atoms. The number of hydrogen-bond donors (Lipinski definition) is 2. The quantitative estimate of drug-likeness (QED) is 0.654. The van der Waals surface area contributed by atoms with E-state index in [0.717, 1.165) is 10.7 Å². The first-order valence-corrected chi connectivity index (χ1v) is 6.99. The molecule has 0 aliphatic rings. The molecule has 0 fully saturated rings. The number of benzene rings is 1. The summed E-state index contributed by atoms with van der Waals surface area (Å²) in [4.78, 5) is 12.9. The number of rotatable bonds is 5. The van der Waals surface area contributed by atoms with E-state index in [2.05, 4.69) is 5.32 Å². The van der Waals surface area contributed by atoms with E-state index in [4.69, 9.17) is 14.9 Å². The molecule has 0 radical (unpaired) electrons. The van der Waals surface area contributed by atoms with Crippen LogP contribution in [0.1, 0.15) is 5.76 Å². The van der Waals surface area contributed by atoms with E-state index in [1.165, 1.54) is 18.9 Å².